The van der Waals surface area contributed by atoms with Crippen LogP contribution in [0.1, 0.15) is 26.2 Å². The molecule has 2 atom stereocenters. The minimum absolute atomic E-state index is 0.0479. The summed E-state index contributed by atoms with van der Waals surface area (Å²) < 4.78 is 10.5. The second-order valence-corrected chi connectivity index (χ2v) is 3.74. The molecule has 0 saturated carbocycles. The van der Waals surface area contributed by atoms with E-state index in [1.54, 1.807) is 7.11 Å². The fourth-order valence-electron chi connectivity index (χ4n) is 1.73. The van der Waals surface area contributed by atoms with E-state index in [0.717, 1.165) is 32.5 Å². The molecule has 3 heteroatoms. The van der Waals surface area contributed by atoms with Gasteiger partial charge < -0.3 is 15.2 Å². The van der Waals surface area contributed by atoms with Gasteiger partial charge in [0.15, 0.2) is 0 Å². The SMILES string of the molecule is COCCC1(N)CCOC(C)C1. The zero-order valence-electron chi connectivity index (χ0n) is 8.01. The summed E-state index contributed by atoms with van der Waals surface area (Å²) in [6.45, 7) is 3.62. The third-order valence-electron chi connectivity index (χ3n) is 2.50. The molecule has 1 saturated heterocycles. The van der Waals surface area contributed by atoms with Gasteiger partial charge in [-0.2, -0.15) is 0 Å². The molecule has 0 spiro atoms. The molecule has 0 aliphatic carbocycles. The van der Waals surface area contributed by atoms with Gasteiger partial charge >= 0.3 is 0 Å². The first kappa shape index (κ1) is 9.96. The summed E-state index contributed by atoms with van der Waals surface area (Å²) in [7, 11) is 1.71. The van der Waals surface area contributed by atoms with E-state index in [0.29, 0.717) is 6.10 Å². The average molecular weight is 173 g/mol. The molecule has 2 unspecified atom stereocenters. The molecular weight excluding hydrogens is 154 g/mol. The highest BCUT2D eigenvalue weighted by Crippen LogP contribution is 2.25. The summed E-state index contributed by atoms with van der Waals surface area (Å²) >= 11 is 0. The van der Waals surface area contributed by atoms with Gasteiger partial charge in [0.1, 0.15) is 0 Å². The van der Waals surface area contributed by atoms with Crippen LogP contribution in [0.3, 0.4) is 0 Å². The molecule has 3 nitrogen and oxygen atoms in total. The molecule has 1 heterocycles. The predicted octanol–water partition coefficient (Wildman–Crippen LogP) is 0.919. The second-order valence-electron chi connectivity index (χ2n) is 3.74. The number of ether oxygens (including phenoxy) is 2. The Bertz CT molecular complexity index is 140. The Hall–Kier alpha value is -0.120. The highest BCUT2D eigenvalue weighted by Gasteiger charge is 2.30. The molecule has 0 aromatic rings. The van der Waals surface area contributed by atoms with E-state index in [-0.39, 0.29) is 5.54 Å². The normalized spacial score (nSPS) is 36.8. The van der Waals surface area contributed by atoms with Crippen LogP contribution in [0.25, 0.3) is 0 Å². The largest absolute Gasteiger partial charge is 0.385 e. The fraction of sp³-hybridized carbons (Fsp3) is 1.00. The van der Waals surface area contributed by atoms with E-state index >= 15 is 0 Å². The molecule has 1 aliphatic heterocycles. The lowest BCUT2D eigenvalue weighted by atomic mass is 9.85. The Morgan fingerprint density at radius 2 is 2.42 bits per heavy atom. The van der Waals surface area contributed by atoms with Crippen LogP contribution in [-0.4, -0.2) is 32.0 Å². The third-order valence-corrected chi connectivity index (χ3v) is 2.50. The van der Waals surface area contributed by atoms with E-state index in [9.17, 15) is 0 Å². The van der Waals surface area contributed by atoms with Gasteiger partial charge in [0.2, 0.25) is 0 Å². The van der Waals surface area contributed by atoms with Gasteiger partial charge in [-0.3, -0.25) is 0 Å². The smallest absolute Gasteiger partial charge is 0.0564 e. The number of nitrogens with two attached hydrogens (primary N) is 1. The zero-order valence-corrected chi connectivity index (χ0v) is 8.01. The summed E-state index contributed by atoms with van der Waals surface area (Å²) in [5.41, 5.74) is 6.13. The van der Waals surface area contributed by atoms with Gasteiger partial charge in [0.05, 0.1) is 6.10 Å². The van der Waals surface area contributed by atoms with Crippen molar-refractivity contribution < 1.29 is 9.47 Å². The number of hydrogen-bond donors (Lipinski definition) is 1. The molecule has 12 heavy (non-hydrogen) atoms. The Kier molecular flexibility index (Phi) is 3.50. The van der Waals surface area contributed by atoms with Crippen LogP contribution in [-0.2, 0) is 9.47 Å². The first-order valence-electron chi connectivity index (χ1n) is 4.56. The van der Waals surface area contributed by atoms with Crippen LogP contribution in [0.5, 0.6) is 0 Å². The van der Waals surface area contributed by atoms with Crippen LogP contribution >= 0.6 is 0 Å². The van der Waals surface area contributed by atoms with Crippen LogP contribution < -0.4 is 5.73 Å². The minimum Gasteiger partial charge on any atom is -0.385 e. The molecule has 0 radical (unpaired) electrons. The molecule has 2 N–H and O–H groups in total. The molecule has 72 valence electrons. The minimum atomic E-state index is -0.0479. The topological polar surface area (TPSA) is 44.5 Å². The number of hydrogen-bond acceptors (Lipinski definition) is 3. The third kappa shape index (κ3) is 2.73. The van der Waals surface area contributed by atoms with Crippen molar-refractivity contribution in [2.45, 2.75) is 37.8 Å². The molecule has 0 aromatic heterocycles. The van der Waals surface area contributed by atoms with E-state index in [4.69, 9.17) is 15.2 Å². The first-order chi connectivity index (χ1) is 5.66. The number of methoxy groups -OCH3 is 1. The Balaban J connectivity index is 2.35. The Labute approximate surface area is 74.2 Å². The van der Waals surface area contributed by atoms with E-state index in [2.05, 4.69) is 6.92 Å². The van der Waals surface area contributed by atoms with Crippen molar-refractivity contribution >= 4 is 0 Å². The van der Waals surface area contributed by atoms with Gasteiger partial charge in [0.25, 0.3) is 0 Å². The number of rotatable bonds is 3. The molecule has 0 amide bonds. The summed E-state index contributed by atoms with van der Waals surface area (Å²) in [6, 6.07) is 0. The van der Waals surface area contributed by atoms with Gasteiger partial charge in [-0.15, -0.1) is 0 Å². The monoisotopic (exact) mass is 173 g/mol. The van der Waals surface area contributed by atoms with Crippen molar-refractivity contribution in [2.75, 3.05) is 20.3 Å². The quantitative estimate of drug-likeness (QED) is 0.690. The van der Waals surface area contributed by atoms with Crippen LogP contribution in [0.4, 0.5) is 0 Å². The summed E-state index contributed by atoms with van der Waals surface area (Å²) in [6.07, 6.45) is 3.16. The van der Waals surface area contributed by atoms with Gasteiger partial charge in [-0.1, -0.05) is 0 Å². The molecular formula is C9H19NO2. The highest BCUT2D eigenvalue weighted by molar-refractivity contribution is 4.88. The average Bonchev–Trinajstić information content (AvgIpc) is 2.01. The standard InChI is InChI=1S/C9H19NO2/c1-8-7-9(10,3-5-11-2)4-6-12-8/h8H,3-7,10H2,1-2H3. The maximum Gasteiger partial charge on any atom is 0.0564 e. The van der Waals surface area contributed by atoms with Gasteiger partial charge in [-0.05, 0) is 26.2 Å². The molecule has 1 fully saturated rings. The Morgan fingerprint density at radius 3 is 3.00 bits per heavy atom. The van der Waals surface area contributed by atoms with Crippen molar-refractivity contribution in [3.63, 3.8) is 0 Å². The van der Waals surface area contributed by atoms with Crippen molar-refractivity contribution in [1.29, 1.82) is 0 Å². The molecule has 0 aromatic carbocycles. The lowest BCUT2D eigenvalue weighted by Gasteiger charge is -2.36. The van der Waals surface area contributed by atoms with Crippen LogP contribution in [0, 0.1) is 0 Å². The maximum atomic E-state index is 6.18. The van der Waals surface area contributed by atoms with Crippen molar-refractivity contribution in [1.82, 2.24) is 0 Å². The molecule has 0 bridgehead atoms. The molecule has 1 aliphatic rings. The van der Waals surface area contributed by atoms with E-state index in [1.807, 2.05) is 0 Å². The lowest BCUT2D eigenvalue weighted by Crippen LogP contribution is -2.48. The molecule has 1 rings (SSSR count). The van der Waals surface area contributed by atoms with Gasteiger partial charge in [0, 0.05) is 25.9 Å². The second kappa shape index (κ2) is 4.21. The van der Waals surface area contributed by atoms with Crippen LogP contribution in [0.15, 0.2) is 0 Å². The van der Waals surface area contributed by atoms with Gasteiger partial charge in [-0.25, -0.2) is 0 Å². The Morgan fingerprint density at radius 1 is 1.67 bits per heavy atom. The van der Waals surface area contributed by atoms with Crippen molar-refractivity contribution in [3.8, 4) is 0 Å². The van der Waals surface area contributed by atoms with Crippen molar-refractivity contribution in [3.05, 3.63) is 0 Å². The van der Waals surface area contributed by atoms with Crippen LogP contribution in [0.2, 0.25) is 0 Å². The predicted molar refractivity (Wildman–Crippen MR) is 48.1 cm³/mol. The summed E-state index contributed by atoms with van der Waals surface area (Å²) in [5, 5.41) is 0. The van der Waals surface area contributed by atoms with Crippen molar-refractivity contribution in [2.24, 2.45) is 5.73 Å². The fourth-order valence-corrected chi connectivity index (χ4v) is 1.73. The van der Waals surface area contributed by atoms with E-state index < -0.39 is 0 Å². The van der Waals surface area contributed by atoms with E-state index in [1.165, 1.54) is 0 Å². The first-order valence-corrected chi connectivity index (χ1v) is 4.56. The maximum absolute atomic E-state index is 6.18. The summed E-state index contributed by atoms with van der Waals surface area (Å²) in [4.78, 5) is 0. The zero-order chi connectivity index (χ0) is 9.03. The summed E-state index contributed by atoms with van der Waals surface area (Å²) in [5.74, 6) is 0. The lowest BCUT2D eigenvalue weighted by molar-refractivity contribution is -0.0151. The highest BCUT2D eigenvalue weighted by atomic mass is 16.5.